The Morgan fingerprint density at radius 2 is 0.594 bits per heavy atom. The maximum atomic E-state index is 12.9. The Morgan fingerprint density at radius 1 is 0.304 bits per heavy atom. The highest BCUT2D eigenvalue weighted by atomic mass is 16.6. The lowest BCUT2D eigenvalue weighted by Gasteiger charge is -2.18. The van der Waals surface area contributed by atoms with E-state index in [9.17, 15) is 14.4 Å². The van der Waals surface area contributed by atoms with Gasteiger partial charge in [0.25, 0.3) is 0 Å². The molecule has 0 N–H and O–H groups in total. The van der Waals surface area contributed by atoms with Crippen molar-refractivity contribution in [1.29, 1.82) is 0 Å². The van der Waals surface area contributed by atoms with Gasteiger partial charge in [0, 0.05) is 19.3 Å². The molecule has 0 amide bonds. The van der Waals surface area contributed by atoms with Crippen LogP contribution in [0.1, 0.15) is 239 Å². The van der Waals surface area contributed by atoms with Gasteiger partial charge in [0.15, 0.2) is 6.10 Å². The lowest BCUT2D eigenvalue weighted by atomic mass is 10.1. The standard InChI is InChI=1S/C63H102O6/c1-4-7-10-13-16-19-22-25-27-29-31-33-35-38-41-44-47-50-53-56-62(65)68-59-60(58-67-61(64)55-52-49-46-43-40-37-24-21-18-15-12-9-6-3)69-63(66)57-54-51-48-45-42-39-36-34-32-30-28-26-23-20-17-14-11-8-5-2/h7-12,15-21,24-28,37,40,60H,4-6,13-14,22-23,29-36,38-39,41-59H2,1-3H3/b10-7-,11-8-,12-9-,18-15-,19-16-,20-17-,24-21-,27-25-,28-26-,40-37-. The third kappa shape index (κ3) is 54.6. The average Bonchev–Trinajstić information content (AvgIpc) is 3.35. The Hall–Kier alpha value is -4.19. The first-order chi connectivity index (χ1) is 34.0. The largest absolute Gasteiger partial charge is 0.462 e. The van der Waals surface area contributed by atoms with Crippen molar-refractivity contribution in [2.45, 2.75) is 245 Å². The van der Waals surface area contributed by atoms with Gasteiger partial charge in [0.1, 0.15) is 13.2 Å². The number of esters is 3. The van der Waals surface area contributed by atoms with E-state index in [0.29, 0.717) is 19.3 Å². The zero-order chi connectivity index (χ0) is 50.0. The first-order valence-electron chi connectivity index (χ1n) is 28.1. The smallest absolute Gasteiger partial charge is 0.306 e. The van der Waals surface area contributed by atoms with Crippen molar-refractivity contribution in [3.63, 3.8) is 0 Å². The number of carbonyl (C=O) groups is 3. The molecule has 0 saturated heterocycles. The second-order valence-electron chi connectivity index (χ2n) is 18.1. The maximum absolute atomic E-state index is 12.9. The molecule has 1 unspecified atom stereocenters. The van der Waals surface area contributed by atoms with Crippen molar-refractivity contribution >= 4 is 17.9 Å². The topological polar surface area (TPSA) is 78.9 Å². The quantitative estimate of drug-likeness (QED) is 0.0199. The molecule has 0 heterocycles. The summed E-state index contributed by atoms with van der Waals surface area (Å²) in [6, 6.07) is 0. The second kappa shape index (κ2) is 56.4. The Morgan fingerprint density at radius 3 is 1.00 bits per heavy atom. The predicted octanol–water partition coefficient (Wildman–Crippen LogP) is 18.9. The van der Waals surface area contributed by atoms with Crippen LogP contribution in [-0.4, -0.2) is 37.2 Å². The number of allylic oxidation sites excluding steroid dienone is 20. The fraction of sp³-hybridized carbons (Fsp3) is 0.635. The highest BCUT2D eigenvalue weighted by Gasteiger charge is 2.19. The molecule has 0 aliphatic rings. The highest BCUT2D eigenvalue weighted by molar-refractivity contribution is 5.71. The van der Waals surface area contributed by atoms with E-state index in [1.807, 2.05) is 36.5 Å². The van der Waals surface area contributed by atoms with E-state index in [1.54, 1.807) is 0 Å². The Labute approximate surface area is 424 Å². The monoisotopic (exact) mass is 955 g/mol. The molecule has 0 saturated carbocycles. The van der Waals surface area contributed by atoms with Gasteiger partial charge in [-0.2, -0.15) is 0 Å². The molecule has 0 aliphatic heterocycles. The fourth-order valence-electron chi connectivity index (χ4n) is 7.42. The summed E-state index contributed by atoms with van der Waals surface area (Å²) in [6.07, 6.45) is 77.6. The molecule has 0 bridgehead atoms. The van der Waals surface area contributed by atoms with Crippen molar-refractivity contribution in [3.8, 4) is 0 Å². The third-order valence-corrected chi connectivity index (χ3v) is 11.5. The molecule has 0 aliphatic carbocycles. The molecule has 6 heteroatoms. The number of rotatable bonds is 49. The van der Waals surface area contributed by atoms with Gasteiger partial charge in [-0.15, -0.1) is 0 Å². The molecular weight excluding hydrogens is 853 g/mol. The van der Waals surface area contributed by atoms with E-state index in [2.05, 4.69) is 106 Å². The van der Waals surface area contributed by atoms with Gasteiger partial charge in [-0.1, -0.05) is 239 Å². The number of unbranched alkanes of at least 4 members (excludes halogenated alkanes) is 21. The van der Waals surface area contributed by atoms with Gasteiger partial charge in [0.2, 0.25) is 0 Å². The van der Waals surface area contributed by atoms with E-state index in [0.717, 1.165) is 116 Å². The van der Waals surface area contributed by atoms with Gasteiger partial charge in [-0.05, 0) is 103 Å². The molecule has 1 atom stereocenters. The van der Waals surface area contributed by atoms with E-state index in [4.69, 9.17) is 14.2 Å². The Balaban J connectivity index is 4.43. The SMILES string of the molecule is CC\C=C/C=C\C=C/C=C\CCCCCC(=O)OCC(COC(=O)CCCCCCCCCCC/C=C\C/C=C\C/C=C\CC)OC(=O)CCCCCCCCCCC/C=C\C/C=C\C/C=C\CC. The van der Waals surface area contributed by atoms with Gasteiger partial charge in [0.05, 0.1) is 0 Å². The van der Waals surface area contributed by atoms with E-state index in [1.165, 1.54) is 83.5 Å². The van der Waals surface area contributed by atoms with Crippen LogP contribution in [0.4, 0.5) is 0 Å². The second-order valence-corrected chi connectivity index (χ2v) is 18.1. The minimum absolute atomic E-state index is 0.0987. The summed E-state index contributed by atoms with van der Waals surface area (Å²) in [5.74, 6) is -0.952. The normalized spacial score (nSPS) is 13.0. The lowest BCUT2D eigenvalue weighted by Crippen LogP contribution is -2.30. The summed E-state index contributed by atoms with van der Waals surface area (Å²) in [6.45, 7) is 6.23. The van der Waals surface area contributed by atoms with Crippen molar-refractivity contribution < 1.29 is 28.6 Å². The summed E-state index contributed by atoms with van der Waals surface area (Å²) in [7, 11) is 0. The average molecular weight is 956 g/mol. The van der Waals surface area contributed by atoms with Crippen molar-refractivity contribution in [3.05, 3.63) is 122 Å². The van der Waals surface area contributed by atoms with Gasteiger partial charge < -0.3 is 14.2 Å². The number of ether oxygens (including phenoxy) is 3. The van der Waals surface area contributed by atoms with Crippen LogP contribution >= 0.6 is 0 Å². The van der Waals surface area contributed by atoms with Crippen molar-refractivity contribution in [2.75, 3.05) is 13.2 Å². The van der Waals surface area contributed by atoms with Crippen LogP contribution in [0.15, 0.2) is 122 Å². The molecule has 0 aromatic carbocycles. The molecular formula is C63H102O6. The van der Waals surface area contributed by atoms with Crippen molar-refractivity contribution in [1.82, 2.24) is 0 Å². The van der Waals surface area contributed by atoms with Crippen LogP contribution in [0.25, 0.3) is 0 Å². The van der Waals surface area contributed by atoms with Crippen LogP contribution in [0.2, 0.25) is 0 Å². The van der Waals surface area contributed by atoms with Crippen LogP contribution in [-0.2, 0) is 28.6 Å². The summed E-state index contributed by atoms with van der Waals surface area (Å²) in [5.41, 5.74) is 0. The summed E-state index contributed by atoms with van der Waals surface area (Å²) in [5, 5.41) is 0. The zero-order valence-electron chi connectivity index (χ0n) is 44.5. The van der Waals surface area contributed by atoms with Gasteiger partial charge in [-0.3, -0.25) is 14.4 Å². The number of hydrogen-bond acceptors (Lipinski definition) is 6. The number of carbonyl (C=O) groups excluding carboxylic acids is 3. The van der Waals surface area contributed by atoms with Crippen LogP contribution in [0, 0.1) is 0 Å². The third-order valence-electron chi connectivity index (χ3n) is 11.5. The predicted molar refractivity (Wildman–Crippen MR) is 297 cm³/mol. The minimum atomic E-state index is -0.803. The summed E-state index contributed by atoms with van der Waals surface area (Å²) >= 11 is 0. The van der Waals surface area contributed by atoms with E-state index >= 15 is 0 Å². The molecule has 6 nitrogen and oxygen atoms in total. The maximum Gasteiger partial charge on any atom is 0.306 e. The Kier molecular flexibility index (Phi) is 53.0. The van der Waals surface area contributed by atoms with Crippen LogP contribution in [0.3, 0.4) is 0 Å². The molecule has 0 aromatic rings. The molecule has 69 heavy (non-hydrogen) atoms. The van der Waals surface area contributed by atoms with Crippen molar-refractivity contribution in [2.24, 2.45) is 0 Å². The molecule has 390 valence electrons. The van der Waals surface area contributed by atoms with Crippen LogP contribution < -0.4 is 0 Å². The van der Waals surface area contributed by atoms with Crippen LogP contribution in [0.5, 0.6) is 0 Å². The fourth-order valence-corrected chi connectivity index (χ4v) is 7.42. The van der Waals surface area contributed by atoms with E-state index < -0.39 is 6.10 Å². The summed E-state index contributed by atoms with van der Waals surface area (Å²) < 4.78 is 16.8. The van der Waals surface area contributed by atoms with E-state index in [-0.39, 0.29) is 31.1 Å². The molecule has 0 radical (unpaired) electrons. The summed E-state index contributed by atoms with van der Waals surface area (Å²) in [4.78, 5) is 38.1. The molecule has 0 rings (SSSR count). The first-order valence-corrected chi connectivity index (χ1v) is 28.1. The zero-order valence-corrected chi connectivity index (χ0v) is 44.5. The minimum Gasteiger partial charge on any atom is -0.462 e. The highest BCUT2D eigenvalue weighted by Crippen LogP contribution is 2.15. The lowest BCUT2D eigenvalue weighted by molar-refractivity contribution is -0.167. The Bertz CT molecular complexity index is 1470. The molecule has 0 aromatic heterocycles. The molecule has 0 spiro atoms. The number of hydrogen-bond donors (Lipinski definition) is 0. The molecule has 0 fully saturated rings. The van der Waals surface area contributed by atoms with Gasteiger partial charge in [-0.25, -0.2) is 0 Å². The first kappa shape index (κ1) is 64.8. The van der Waals surface area contributed by atoms with Gasteiger partial charge >= 0.3 is 17.9 Å².